The van der Waals surface area contributed by atoms with E-state index in [4.69, 9.17) is 0 Å². The van der Waals surface area contributed by atoms with E-state index in [9.17, 15) is 0 Å². The Bertz CT molecular complexity index is 304. The molecule has 17 heavy (non-hydrogen) atoms. The van der Waals surface area contributed by atoms with Crippen LogP contribution in [0, 0.1) is 5.92 Å². The van der Waals surface area contributed by atoms with Gasteiger partial charge in [-0.05, 0) is 50.8 Å². The molecule has 1 aliphatic rings. The smallest absolute Gasteiger partial charge is 0.0207 e. The largest absolute Gasteiger partial charge is 0.317 e. The van der Waals surface area contributed by atoms with Crippen LogP contribution in [0.1, 0.15) is 31.7 Å². The SMILES string of the molecule is CC(CC1CCNCC1)NCc1ccccc1. The molecule has 0 amide bonds. The lowest BCUT2D eigenvalue weighted by atomic mass is 9.91. The van der Waals surface area contributed by atoms with E-state index in [-0.39, 0.29) is 0 Å². The Hall–Kier alpha value is -0.860. The van der Waals surface area contributed by atoms with Gasteiger partial charge in [-0.1, -0.05) is 30.3 Å². The minimum atomic E-state index is 0.623. The summed E-state index contributed by atoms with van der Waals surface area (Å²) in [5, 5.41) is 7.05. The fourth-order valence-electron chi connectivity index (χ4n) is 2.59. The first-order valence-corrected chi connectivity index (χ1v) is 6.82. The third kappa shape index (κ3) is 4.49. The van der Waals surface area contributed by atoms with Gasteiger partial charge in [-0.15, -0.1) is 0 Å². The molecule has 1 aromatic carbocycles. The Morgan fingerprint density at radius 1 is 1.24 bits per heavy atom. The van der Waals surface area contributed by atoms with Crippen molar-refractivity contribution in [1.29, 1.82) is 0 Å². The molecule has 2 heteroatoms. The van der Waals surface area contributed by atoms with Gasteiger partial charge in [-0.2, -0.15) is 0 Å². The normalized spacial score (nSPS) is 19.1. The lowest BCUT2D eigenvalue weighted by molar-refractivity contribution is 0.316. The van der Waals surface area contributed by atoms with Crippen LogP contribution in [-0.4, -0.2) is 19.1 Å². The fourth-order valence-corrected chi connectivity index (χ4v) is 2.59. The predicted molar refractivity (Wildman–Crippen MR) is 73.0 cm³/mol. The van der Waals surface area contributed by atoms with E-state index >= 15 is 0 Å². The van der Waals surface area contributed by atoms with E-state index in [0.29, 0.717) is 6.04 Å². The van der Waals surface area contributed by atoms with E-state index in [2.05, 4.69) is 47.9 Å². The fraction of sp³-hybridized carbons (Fsp3) is 0.600. The molecule has 1 unspecified atom stereocenters. The number of benzene rings is 1. The quantitative estimate of drug-likeness (QED) is 0.815. The molecular weight excluding hydrogens is 208 g/mol. The molecular formula is C15H24N2. The summed E-state index contributed by atoms with van der Waals surface area (Å²) in [6.45, 7) is 5.71. The highest BCUT2D eigenvalue weighted by Gasteiger charge is 2.15. The van der Waals surface area contributed by atoms with Gasteiger partial charge in [0.1, 0.15) is 0 Å². The van der Waals surface area contributed by atoms with Crippen molar-refractivity contribution in [2.24, 2.45) is 5.92 Å². The van der Waals surface area contributed by atoms with Crippen LogP contribution in [0.3, 0.4) is 0 Å². The first kappa shape index (κ1) is 12.6. The second-order valence-corrected chi connectivity index (χ2v) is 5.20. The average Bonchev–Trinajstić information content (AvgIpc) is 2.39. The van der Waals surface area contributed by atoms with Crippen LogP contribution in [0.4, 0.5) is 0 Å². The number of hydrogen-bond donors (Lipinski definition) is 2. The monoisotopic (exact) mass is 232 g/mol. The van der Waals surface area contributed by atoms with Crippen molar-refractivity contribution >= 4 is 0 Å². The van der Waals surface area contributed by atoms with Crippen molar-refractivity contribution in [3.63, 3.8) is 0 Å². The molecule has 2 nitrogen and oxygen atoms in total. The van der Waals surface area contributed by atoms with E-state index in [1.807, 2.05) is 0 Å². The summed E-state index contributed by atoms with van der Waals surface area (Å²) in [7, 11) is 0. The summed E-state index contributed by atoms with van der Waals surface area (Å²) in [5.74, 6) is 0.912. The molecule has 0 bridgehead atoms. The van der Waals surface area contributed by atoms with Gasteiger partial charge >= 0.3 is 0 Å². The van der Waals surface area contributed by atoms with Crippen LogP contribution in [0.5, 0.6) is 0 Å². The molecule has 1 atom stereocenters. The summed E-state index contributed by atoms with van der Waals surface area (Å²) in [6.07, 6.45) is 4.00. The zero-order valence-corrected chi connectivity index (χ0v) is 10.8. The van der Waals surface area contributed by atoms with Crippen LogP contribution < -0.4 is 10.6 Å². The summed E-state index contributed by atoms with van der Waals surface area (Å²) < 4.78 is 0. The minimum Gasteiger partial charge on any atom is -0.317 e. The molecule has 94 valence electrons. The van der Waals surface area contributed by atoms with Crippen LogP contribution in [0.15, 0.2) is 30.3 Å². The van der Waals surface area contributed by atoms with E-state index in [0.717, 1.165) is 12.5 Å². The molecule has 1 saturated heterocycles. The van der Waals surface area contributed by atoms with Crippen LogP contribution in [0.2, 0.25) is 0 Å². The molecule has 2 N–H and O–H groups in total. The first-order chi connectivity index (χ1) is 8.34. The molecule has 1 heterocycles. The predicted octanol–water partition coefficient (Wildman–Crippen LogP) is 2.55. The minimum absolute atomic E-state index is 0.623. The zero-order valence-electron chi connectivity index (χ0n) is 10.8. The van der Waals surface area contributed by atoms with E-state index < -0.39 is 0 Å². The van der Waals surface area contributed by atoms with Gasteiger partial charge in [0.2, 0.25) is 0 Å². The standard InChI is InChI=1S/C15H24N2/c1-13(11-14-7-9-16-10-8-14)17-12-15-5-3-2-4-6-15/h2-6,13-14,16-17H,7-12H2,1H3. The maximum Gasteiger partial charge on any atom is 0.0207 e. The van der Waals surface area contributed by atoms with Crippen LogP contribution in [-0.2, 0) is 6.54 Å². The highest BCUT2D eigenvalue weighted by molar-refractivity contribution is 5.14. The van der Waals surface area contributed by atoms with Gasteiger partial charge in [0.05, 0.1) is 0 Å². The molecule has 0 aliphatic carbocycles. The summed E-state index contributed by atoms with van der Waals surface area (Å²) in [6, 6.07) is 11.3. The average molecular weight is 232 g/mol. The highest BCUT2D eigenvalue weighted by atomic mass is 14.9. The first-order valence-electron chi connectivity index (χ1n) is 6.82. The molecule has 1 aliphatic heterocycles. The Morgan fingerprint density at radius 2 is 1.94 bits per heavy atom. The van der Waals surface area contributed by atoms with Gasteiger partial charge in [-0.25, -0.2) is 0 Å². The molecule has 1 aromatic rings. The summed E-state index contributed by atoms with van der Waals surface area (Å²) >= 11 is 0. The van der Waals surface area contributed by atoms with Gasteiger partial charge in [0.25, 0.3) is 0 Å². The lowest BCUT2D eigenvalue weighted by Crippen LogP contribution is -2.33. The topological polar surface area (TPSA) is 24.1 Å². The van der Waals surface area contributed by atoms with E-state index in [1.165, 1.54) is 37.9 Å². The number of hydrogen-bond acceptors (Lipinski definition) is 2. The Balaban J connectivity index is 1.68. The van der Waals surface area contributed by atoms with E-state index in [1.54, 1.807) is 0 Å². The molecule has 0 saturated carbocycles. The Morgan fingerprint density at radius 3 is 2.65 bits per heavy atom. The second kappa shape index (κ2) is 6.77. The molecule has 2 rings (SSSR count). The summed E-state index contributed by atoms with van der Waals surface area (Å²) in [5.41, 5.74) is 1.38. The molecule has 0 aromatic heterocycles. The van der Waals surface area contributed by atoms with Crippen molar-refractivity contribution in [1.82, 2.24) is 10.6 Å². The van der Waals surface area contributed by atoms with Crippen molar-refractivity contribution in [3.8, 4) is 0 Å². The molecule has 0 radical (unpaired) electrons. The molecule has 0 spiro atoms. The number of piperidine rings is 1. The zero-order chi connectivity index (χ0) is 11.9. The third-order valence-corrected chi connectivity index (χ3v) is 3.64. The van der Waals surface area contributed by atoms with Gasteiger partial charge in [0, 0.05) is 12.6 Å². The van der Waals surface area contributed by atoms with Crippen molar-refractivity contribution in [2.45, 2.75) is 38.8 Å². The number of rotatable bonds is 5. The van der Waals surface area contributed by atoms with Crippen LogP contribution in [0.25, 0.3) is 0 Å². The number of nitrogens with one attached hydrogen (secondary N) is 2. The second-order valence-electron chi connectivity index (χ2n) is 5.20. The third-order valence-electron chi connectivity index (χ3n) is 3.64. The van der Waals surface area contributed by atoms with Crippen molar-refractivity contribution in [2.75, 3.05) is 13.1 Å². The Labute approximate surface area is 105 Å². The van der Waals surface area contributed by atoms with Crippen molar-refractivity contribution < 1.29 is 0 Å². The van der Waals surface area contributed by atoms with Crippen LogP contribution >= 0.6 is 0 Å². The maximum atomic E-state index is 3.63. The lowest BCUT2D eigenvalue weighted by Gasteiger charge is -2.25. The van der Waals surface area contributed by atoms with Gasteiger partial charge in [0.15, 0.2) is 0 Å². The maximum absolute atomic E-state index is 3.63. The highest BCUT2D eigenvalue weighted by Crippen LogP contribution is 2.17. The Kier molecular flexibility index (Phi) is 5.02. The summed E-state index contributed by atoms with van der Waals surface area (Å²) in [4.78, 5) is 0. The molecule has 1 fully saturated rings. The van der Waals surface area contributed by atoms with Crippen molar-refractivity contribution in [3.05, 3.63) is 35.9 Å². The van der Waals surface area contributed by atoms with Gasteiger partial charge in [-0.3, -0.25) is 0 Å². The van der Waals surface area contributed by atoms with Gasteiger partial charge < -0.3 is 10.6 Å².